The number of para-hydroxylation sites is 2. The predicted molar refractivity (Wildman–Crippen MR) is 110 cm³/mol. The molecule has 1 unspecified atom stereocenters. The molecular formula is C22H22N4O4. The first-order valence-electron chi connectivity index (χ1n) is 9.71. The lowest BCUT2D eigenvalue weighted by Crippen LogP contribution is -2.32. The number of carboxylic acid groups (broad SMARTS) is 1. The van der Waals surface area contributed by atoms with Gasteiger partial charge in [-0.1, -0.05) is 18.2 Å². The lowest BCUT2D eigenvalue weighted by Gasteiger charge is -2.18. The number of aromatic nitrogens is 2. The normalized spacial score (nSPS) is 16.2. The SMILES string of the molecule is CN1Cc2cc(C(=O)NCc3nc4ccccc4[nH]3)ccc2CC(CC(=O)O)C1=O. The van der Waals surface area contributed by atoms with Gasteiger partial charge in [-0.05, 0) is 41.8 Å². The Morgan fingerprint density at radius 1 is 1.23 bits per heavy atom. The summed E-state index contributed by atoms with van der Waals surface area (Å²) in [5.74, 6) is -1.35. The van der Waals surface area contributed by atoms with E-state index in [1.54, 1.807) is 19.2 Å². The second-order valence-electron chi connectivity index (χ2n) is 7.56. The summed E-state index contributed by atoms with van der Waals surface area (Å²) >= 11 is 0. The molecule has 0 radical (unpaired) electrons. The Kier molecular flexibility index (Phi) is 5.22. The molecule has 1 atom stereocenters. The van der Waals surface area contributed by atoms with E-state index in [-0.39, 0.29) is 24.8 Å². The summed E-state index contributed by atoms with van der Waals surface area (Å²) in [4.78, 5) is 45.4. The van der Waals surface area contributed by atoms with Crippen LogP contribution in [-0.2, 0) is 29.1 Å². The number of amides is 2. The fourth-order valence-corrected chi connectivity index (χ4v) is 3.84. The third-order valence-electron chi connectivity index (χ3n) is 5.34. The van der Waals surface area contributed by atoms with Crippen LogP contribution in [-0.4, -0.2) is 44.8 Å². The third kappa shape index (κ3) is 4.03. The van der Waals surface area contributed by atoms with Gasteiger partial charge in [0.25, 0.3) is 5.91 Å². The Morgan fingerprint density at radius 2 is 2.03 bits per heavy atom. The summed E-state index contributed by atoms with van der Waals surface area (Å²) in [5.41, 5.74) is 4.00. The van der Waals surface area contributed by atoms with E-state index in [1.165, 1.54) is 4.90 Å². The van der Waals surface area contributed by atoms with Crippen molar-refractivity contribution in [2.24, 2.45) is 5.92 Å². The number of rotatable bonds is 5. The Labute approximate surface area is 172 Å². The molecule has 0 spiro atoms. The molecule has 0 bridgehead atoms. The summed E-state index contributed by atoms with van der Waals surface area (Å²) in [6.45, 7) is 0.610. The average Bonchev–Trinajstić information content (AvgIpc) is 3.10. The van der Waals surface area contributed by atoms with Gasteiger partial charge < -0.3 is 20.3 Å². The van der Waals surface area contributed by atoms with Crippen LogP contribution < -0.4 is 5.32 Å². The van der Waals surface area contributed by atoms with Crippen molar-refractivity contribution in [1.29, 1.82) is 0 Å². The number of carbonyl (C=O) groups excluding carboxylic acids is 2. The van der Waals surface area contributed by atoms with Gasteiger partial charge in [0, 0.05) is 19.2 Å². The van der Waals surface area contributed by atoms with Gasteiger partial charge in [-0.3, -0.25) is 14.4 Å². The van der Waals surface area contributed by atoms with Crippen molar-refractivity contribution < 1.29 is 19.5 Å². The lowest BCUT2D eigenvalue weighted by atomic mass is 9.93. The van der Waals surface area contributed by atoms with Crippen molar-refractivity contribution in [1.82, 2.24) is 20.2 Å². The van der Waals surface area contributed by atoms with Gasteiger partial charge >= 0.3 is 5.97 Å². The Hall–Kier alpha value is -3.68. The zero-order chi connectivity index (χ0) is 21.3. The van der Waals surface area contributed by atoms with Crippen LogP contribution in [0.25, 0.3) is 11.0 Å². The number of hydrogen-bond donors (Lipinski definition) is 3. The van der Waals surface area contributed by atoms with Crippen LogP contribution in [0.4, 0.5) is 0 Å². The summed E-state index contributed by atoms with van der Waals surface area (Å²) < 4.78 is 0. The van der Waals surface area contributed by atoms with Gasteiger partial charge in [0.15, 0.2) is 0 Å². The molecule has 2 amide bonds. The number of aliphatic carboxylic acids is 1. The topological polar surface area (TPSA) is 115 Å². The van der Waals surface area contributed by atoms with Crippen molar-refractivity contribution in [3.63, 3.8) is 0 Å². The van der Waals surface area contributed by atoms with Gasteiger partial charge in [-0.2, -0.15) is 0 Å². The molecule has 0 aliphatic carbocycles. The highest BCUT2D eigenvalue weighted by molar-refractivity contribution is 5.94. The predicted octanol–water partition coefficient (Wildman–Crippen LogP) is 2.10. The molecule has 2 heterocycles. The largest absolute Gasteiger partial charge is 0.481 e. The number of hydrogen-bond acceptors (Lipinski definition) is 4. The minimum Gasteiger partial charge on any atom is -0.481 e. The maximum Gasteiger partial charge on any atom is 0.304 e. The molecule has 4 rings (SSSR count). The zero-order valence-corrected chi connectivity index (χ0v) is 16.5. The minimum atomic E-state index is -0.994. The van der Waals surface area contributed by atoms with Crippen LogP contribution in [0.1, 0.15) is 33.7 Å². The highest BCUT2D eigenvalue weighted by Gasteiger charge is 2.29. The fourth-order valence-electron chi connectivity index (χ4n) is 3.84. The standard InChI is InChI=1S/C22H22N4O4/c1-26-12-16-9-14(7-6-13(16)8-15(22(26)30)10-20(27)28)21(29)23-11-19-24-17-4-2-3-5-18(17)25-19/h2-7,9,15H,8,10-12H2,1H3,(H,23,29)(H,24,25)(H,27,28). The van der Waals surface area contributed by atoms with E-state index < -0.39 is 11.9 Å². The monoisotopic (exact) mass is 406 g/mol. The minimum absolute atomic E-state index is 0.190. The maximum absolute atomic E-state index is 12.6. The number of carbonyl (C=O) groups is 3. The molecule has 3 N–H and O–H groups in total. The second-order valence-corrected chi connectivity index (χ2v) is 7.56. The van der Waals surface area contributed by atoms with E-state index in [4.69, 9.17) is 5.11 Å². The summed E-state index contributed by atoms with van der Waals surface area (Å²) in [6.07, 6.45) is 0.147. The molecule has 1 aliphatic rings. The molecule has 8 nitrogen and oxygen atoms in total. The van der Waals surface area contributed by atoms with Gasteiger partial charge in [-0.15, -0.1) is 0 Å². The second kappa shape index (κ2) is 7.98. The van der Waals surface area contributed by atoms with E-state index >= 15 is 0 Å². The van der Waals surface area contributed by atoms with Crippen molar-refractivity contribution in [3.8, 4) is 0 Å². The molecule has 30 heavy (non-hydrogen) atoms. The number of carboxylic acids is 1. The average molecular weight is 406 g/mol. The Bertz CT molecular complexity index is 1100. The molecule has 3 aromatic rings. The van der Waals surface area contributed by atoms with Crippen molar-refractivity contribution in [3.05, 3.63) is 65.0 Å². The van der Waals surface area contributed by atoms with Crippen LogP contribution in [0.5, 0.6) is 0 Å². The van der Waals surface area contributed by atoms with E-state index in [1.807, 2.05) is 30.3 Å². The summed E-state index contributed by atoms with van der Waals surface area (Å²) in [5, 5.41) is 12.0. The van der Waals surface area contributed by atoms with Crippen LogP contribution in [0.3, 0.4) is 0 Å². The quantitative estimate of drug-likeness (QED) is 0.600. The Morgan fingerprint density at radius 3 is 2.80 bits per heavy atom. The molecule has 8 heteroatoms. The van der Waals surface area contributed by atoms with Crippen molar-refractivity contribution in [2.45, 2.75) is 25.9 Å². The van der Waals surface area contributed by atoms with E-state index in [0.29, 0.717) is 24.4 Å². The summed E-state index contributed by atoms with van der Waals surface area (Å²) in [7, 11) is 1.65. The summed E-state index contributed by atoms with van der Waals surface area (Å²) in [6, 6.07) is 12.9. The van der Waals surface area contributed by atoms with Crippen LogP contribution in [0.2, 0.25) is 0 Å². The molecule has 0 fully saturated rings. The maximum atomic E-state index is 12.6. The molecule has 0 saturated heterocycles. The first-order chi connectivity index (χ1) is 14.4. The zero-order valence-electron chi connectivity index (χ0n) is 16.5. The first-order valence-corrected chi connectivity index (χ1v) is 9.71. The number of nitrogens with one attached hydrogen (secondary N) is 2. The molecule has 0 saturated carbocycles. The molecule has 2 aromatic carbocycles. The molecular weight excluding hydrogens is 384 g/mol. The number of benzene rings is 2. The van der Waals surface area contributed by atoms with Gasteiger partial charge in [0.05, 0.1) is 29.9 Å². The van der Waals surface area contributed by atoms with Crippen molar-refractivity contribution in [2.75, 3.05) is 7.05 Å². The third-order valence-corrected chi connectivity index (χ3v) is 5.34. The van der Waals surface area contributed by atoms with Crippen LogP contribution >= 0.6 is 0 Å². The lowest BCUT2D eigenvalue weighted by molar-refractivity contribution is -0.143. The highest BCUT2D eigenvalue weighted by Crippen LogP contribution is 2.25. The van der Waals surface area contributed by atoms with E-state index in [0.717, 1.165) is 22.2 Å². The first kappa shape index (κ1) is 19.6. The highest BCUT2D eigenvalue weighted by atomic mass is 16.4. The van der Waals surface area contributed by atoms with E-state index in [2.05, 4.69) is 15.3 Å². The van der Waals surface area contributed by atoms with Crippen LogP contribution in [0, 0.1) is 5.92 Å². The molecule has 154 valence electrons. The number of H-pyrrole nitrogens is 1. The van der Waals surface area contributed by atoms with Crippen molar-refractivity contribution >= 4 is 28.8 Å². The Balaban J connectivity index is 1.49. The molecule has 1 aliphatic heterocycles. The fraction of sp³-hybridized carbons (Fsp3) is 0.273. The van der Waals surface area contributed by atoms with Gasteiger partial charge in [-0.25, -0.2) is 4.98 Å². The van der Waals surface area contributed by atoms with Gasteiger partial charge in [0.1, 0.15) is 5.82 Å². The smallest absolute Gasteiger partial charge is 0.304 e. The van der Waals surface area contributed by atoms with Crippen LogP contribution in [0.15, 0.2) is 42.5 Å². The number of fused-ring (bicyclic) bond motifs is 2. The van der Waals surface area contributed by atoms with Gasteiger partial charge in [0.2, 0.25) is 5.91 Å². The number of imidazole rings is 1. The van der Waals surface area contributed by atoms with E-state index in [9.17, 15) is 14.4 Å². The molecule has 1 aromatic heterocycles. The number of nitrogens with zero attached hydrogens (tertiary/aromatic N) is 2. The number of aromatic amines is 1.